The fourth-order valence-electron chi connectivity index (χ4n) is 8.10. The standard InChI is InChI=1S/C18H19NO4S2.C17H14F3NO4S2.C16H13Cl2NO4S2.C16H13F2NO4S2/c1-12-7-13(2)9-17(8-12)25(22,23)19-16-6-4-5-15(10-16)18(21)11-24-14(3)20;1-11(22)26-10-16(23)12-3-2-4-14(9-12)21-27(24,25)15-7-5-13(6-8-15)17(18,19)20;1-10(20)24-9-16(21)11-3-2-4-12(7-11)19-25(22,23)13-5-6-14(17)15(18)8-13;1-10(20)24-9-15(21)11-2-5-13(6-3-11)19-25(22,23)16-7-4-12(17)8-14(16)18/h4-10,19H,11H2,1-3H3;2-9,21H,10H2,1H3;2*2-8,19H,9H2,1H3. The van der Waals surface area contributed by atoms with Crippen molar-refractivity contribution >= 4 is 177 Å². The number of Topliss-reactive ketones (excluding diaryl/α,β-unsaturated/α-hetero) is 4. The first-order valence-electron chi connectivity index (χ1n) is 28.9. The van der Waals surface area contributed by atoms with E-state index in [4.69, 9.17) is 23.2 Å². The van der Waals surface area contributed by atoms with Crippen LogP contribution in [0.1, 0.15) is 85.8 Å². The van der Waals surface area contributed by atoms with E-state index in [1.165, 1.54) is 113 Å². The number of benzene rings is 8. The summed E-state index contributed by atoms with van der Waals surface area (Å²) >= 11 is 15.2. The van der Waals surface area contributed by atoms with Crippen molar-refractivity contribution in [2.45, 2.75) is 67.3 Å². The minimum absolute atomic E-state index is 0.00166. The first-order chi connectivity index (χ1) is 47.5. The molecule has 0 radical (unpaired) electrons. The lowest BCUT2D eigenvalue weighted by atomic mass is 10.1. The second-order valence-electron chi connectivity index (χ2n) is 21.1. The molecule has 0 atom stereocenters. The molecule has 0 saturated heterocycles. The average molecular weight is 1600 g/mol. The smallest absolute Gasteiger partial charge is 0.293 e. The van der Waals surface area contributed by atoms with E-state index in [0.717, 1.165) is 82.4 Å². The Balaban J connectivity index is 0.000000245. The van der Waals surface area contributed by atoms with E-state index < -0.39 is 68.4 Å². The Morgan fingerprint density at radius 1 is 0.373 bits per heavy atom. The van der Waals surface area contributed by atoms with Crippen LogP contribution >= 0.6 is 70.2 Å². The van der Waals surface area contributed by atoms with Gasteiger partial charge in [0, 0.05) is 78.8 Å². The predicted octanol–water partition coefficient (Wildman–Crippen LogP) is 15.0. The molecule has 35 heteroatoms. The van der Waals surface area contributed by atoms with Gasteiger partial charge in [-0.3, -0.25) is 57.2 Å². The van der Waals surface area contributed by atoms with E-state index in [9.17, 15) is 94.0 Å². The van der Waals surface area contributed by atoms with E-state index >= 15 is 0 Å². The van der Waals surface area contributed by atoms with Gasteiger partial charge in [-0.15, -0.1) is 0 Å². The number of ketones is 4. The molecule has 20 nitrogen and oxygen atoms in total. The van der Waals surface area contributed by atoms with Gasteiger partial charge >= 0.3 is 6.18 Å². The van der Waals surface area contributed by atoms with Crippen molar-refractivity contribution in [2.24, 2.45) is 0 Å². The summed E-state index contributed by atoms with van der Waals surface area (Å²) in [5.74, 6) is -3.29. The van der Waals surface area contributed by atoms with Crippen LogP contribution in [-0.4, -0.2) is 100 Å². The third kappa shape index (κ3) is 27.5. The van der Waals surface area contributed by atoms with Crippen molar-refractivity contribution in [1.29, 1.82) is 0 Å². The number of rotatable bonds is 24. The normalized spacial score (nSPS) is 11.3. The fourth-order valence-corrected chi connectivity index (χ4v) is 14.9. The second-order valence-corrected chi connectivity index (χ2v) is 33.2. The van der Waals surface area contributed by atoms with Gasteiger partial charge in [0.25, 0.3) is 40.1 Å². The number of carbonyl (C=O) groups is 8. The summed E-state index contributed by atoms with van der Waals surface area (Å²) < 4.78 is 172. The van der Waals surface area contributed by atoms with Crippen LogP contribution in [0.4, 0.5) is 44.7 Å². The second kappa shape index (κ2) is 37.8. The quantitative estimate of drug-likeness (QED) is 0.0322. The number of nitrogens with one attached hydrogen (secondary N) is 4. The zero-order valence-corrected chi connectivity index (χ0v) is 62.1. The Kier molecular flexibility index (Phi) is 31.3. The first-order valence-corrected chi connectivity index (χ1v) is 39.5. The zero-order chi connectivity index (χ0) is 76.1. The number of anilines is 4. The van der Waals surface area contributed by atoms with Gasteiger partial charge in [0.2, 0.25) is 0 Å². The van der Waals surface area contributed by atoms with Gasteiger partial charge in [0.15, 0.2) is 43.6 Å². The van der Waals surface area contributed by atoms with Crippen molar-refractivity contribution in [3.05, 3.63) is 237 Å². The van der Waals surface area contributed by atoms with Gasteiger partial charge in [-0.2, -0.15) is 13.2 Å². The Hall–Kier alpha value is -8.25. The summed E-state index contributed by atoms with van der Waals surface area (Å²) in [6.45, 7) is 9.11. The van der Waals surface area contributed by atoms with Crippen molar-refractivity contribution in [1.82, 2.24) is 0 Å². The van der Waals surface area contributed by atoms with Crippen molar-refractivity contribution in [3.8, 4) is 0 Å². The molecule has 540 valence electrons. The minimum Gasteiger partial charge on any atom is -0.293 e. The van der Waals surface area contributed by atoms with Gasteiger partial charge in [0.05, 0.1) is 53.3 Å². The predicted molar refractivity (Wildman–Crippen MR) is 389 cm³/mol. The molecule has 0 heterocycles. The number of aryl methyl sites for hydroxylation is 2. The molecule has 0 aromatic heterocycles. The van der Waals surface area contributed by atoms with Gasteiger partial charge in [0.1, 0.15) is 16.5 Å². The maximum absolute atomic E-state index is 13.6. The van der Waals surface area contributed by atoms with E-state index in [1.54, 1.807) is 42.5 Å². The van der Waals surface area contributed by atoms with Crippen LogP contribution in [0.3, 0.4) is 0 Å². The zero-order valence-electron chi connectivity index (χ0n) is 54.0. The third-order valence-electron chi connectivity index (χ3n) is 12.8. The largest absolute Gasteiger partial charge is 0.416 e. The van der Waals surface area contributed by atoms with E-state index in [-0.39, 0.29) is 114 Å². The Labute approximate surface area is 611 Å². The number of carbonyl (C=O) groups excluding carboxylic acids is 8. The van der Waals surface area contributed by atoms with Crippen LogP contribution < -0.4 is 18.9 Å². The number of hydrogen-bond donors (Lipinski definition) is 4. The molecule has 0 spiro atoms. The molecule has 0 aliphatic heterocycles. The summed E-state index contributed by atoms with van der Waals surface area (Å²) in [5.41, 5.74) is 2.64. The minimum atomic E-state index is -4.57. The molecule has 4 N–H and O–H groups in total. The molecule has 8 aromatic rings. The lowest BCUT2D eigenvalue weighted by molar-refractivity contribution is -0.137. The molecule has 0 amide bonds. The van der Waals surface area contributed by atoms with Crippen LogP contribution in [-0.2, 0) is 65.4 Å². The number of alkyl halides is 3. The molecule has 102 heavy (non-hydrogen) atoms. The van der Waals surface area contributed by atoms with Gasteiger partial charge in [-0.05, 0) is 152 Å². The van der Waals surface area contributed by atoms with Crippen LogP contribution in [0, 0.1) is 25.5 Å². The van der Waals surface area contributed by atoms with Crippen molar-refractivity contribution in [3.63, 3.8) is 0 Å². The highest BCUT2D eigenvalue weighted by Crippen LogP contribution is 2.31. The third-order valence-corrected chi connectivity index (χ3v) is 22.3. The monoisotopic (exact) mass is 1600 g/mol. The summed E-state index contributed by atoms with van der Waals surface area (Å²) in [7, 11) is -16.0. The summed E-state index contributed by atoms with van der Waals surface area (Å²) in [6, 6.07) is 37.6. The Bertz CT molecular complexity index is 4940. The maximum Gasteiger partial charge on any atom is 0.416 e. The lowest BCUT2D eigenvalue weighted by Gasteiger charge is -2.11. The molecule has 0 aliphatic rings. The highest BCUT2D eigenvalue weighted by Gasteiger charge is 2.31. The molecule has 0 bridgehead atoms. The van der Waals surface area contributed by atoms with E-state index in [1.807, 2.05) is 19.9 Å². The van der Waals surface area contributed by atoms with Gasteiger partial charge in [-0.1, -0.05) is 113 Å². The molecular weight excluding hydrogens is 1540 g/mol. The topological polar surface area (TPSA) is 321 Å². The first kappa shape index (κ1) is 84.4. The Morgan fingerprint density at radius 2 is 0.735 bits per heavy atom. The highest BCUT2D eigenvalue weighted by molar-refractivity contribution is 8.15. The number of sulfonamides is 4. The molecule has 0 unspecified atom stereocenters. The molecular formula is C67H59Cl2F5N4O16S8. The number of halogens is 7. The van der Waals surface area contributed by atoms with Crippen molar-refractivity contribution < 1.29 is 94.0 Å². The van der Waals surface area contributed by atoms with Crippen molar-refractivity contribution in [2.75, 3.05) is 41.9 Å². The Morgan fingerprint density at radius 3 is 1.11 bits per heavy atom. The van der Waals surface area contributed by atoms with E-state index in [2.05, 4.69) is 18.9 Å². The molecule has 0 aliphatic carbocycles. The summed E-state index contributed by atoms with van der Waals surface area (Å²) in [4.78, 5) is 90.7. The van der Waals surface area contributed by atoms with Gasteiger partial charge in [-0.25, -0.2) is 42.5 Å². The summed E-state index contributed by atoms with van der Waals surface area (Å²) in [5, 5.41) is -0.336. The molecule has 8 aromatic carbocycles. The summed E-state index contributed by atoms with van der Waals surface area (Å²) in [6.07, 6.45) is -4.57. The van der Waals surface area contributed by atoms with Gasteiger partial charge < -0.3 is 0 Å². The average Bonchev–Trinajstić information content (AvgIpc) is 0.828. The molecule has 8 rings (SSSR count). The van der Waals surface area contributed by atoms with Crippen LogP contribution in [0.2, 0.25) is 10.0 Å². The molecule has 0 fully saturated rings. The molecule has 0 saturated carbocycles. The lowest BCUT2D eigenvalue weighted by Crippen LogP contribution is -2.15. The van der Waals surface area contributed by atoms with Crippen LogP contribution in [0.25, 0.3) is 0 Å². The fraction of sp³-hybridized carbons (Fsp3) is 0.164. The highest BCUT2D eigenvalue weighted by atomic mass is 35.5. The van der Waals surface area contributed by atoms with Crippen LogP contribution in [0.5, 0.6) is 0 Å². The van der Waals surface area contributed by atoms with E-state index in [0.29, 0.717) is 40.6 Å². The number of hydrogen-bond acceptors (Lipinski definition) is 20. The number of thioether (sulfide) groups is 4. The SMILES string of the molecule is CC(=O)SCC(=O)c1ccc(NS(=O)(=O)c2ccc(F)cc2F)cc1.CC(=O)SCC(=O)c1cccc(NS(=O)(=O)c2cc(C)cc(C)c2)c1.CC(=O)SCC(=O)c1cccc(NS(=O)(=O)c2ccc(C(F)(F)F)cc2)c1.CC(=O)SCC(=O)c1cccc(NS(=O)(=O)c2ccc(Cl)c(Cl)c2)c1. The maximum atomic E-state index is 13.6. The van der Waals surface area contributed by atoms with Crippen LogP contribution in [0.15, 0.2) is 196 Å².